The van der Waals surface area contributed by atoms with Crippen LogP contribution in [0.15, 0.2) is 36.7 Å². The van der Waals surface area contributed by atoms with E-state index in [1.807, 2.05) is 40.0 Å². The Morgan fingerprint density at radius 2 is 1.85 bits per heavy atom. The number of methoxy groups -OCH3 is 2. The van der Waals surface area contributed by atoms with Crippen LogP contribution >= 0.6 is 0 Å². The average molecular weight is 358 g/mol. The van der Waals surface area contributed by atoms with Crippen molar-refractivity contribution in [1.82, 2.24) is 19.6 Å². The third kappa shape index (κ3) is 4.54. The third-order valence-electron chi connectivity index (χ3n) is 4.73. The van der Waals surface area contributed by atoms with E-state index in [9.17, 15) is 4.79 Å². The van der Waals surface area contributed by atoms with Crippen molar-refractivity contribution >= 4 is 5.91 Å². The summed E-state index contributed by atoms with van der Waals surface area (Å²) < 4.78 is 12.5. The second-order valence-electron chi connectivity index (χ2n) is 6.36. The molecule has 1 aliphatic heterocycles. The van der Waals surface area contributed by atoms with Crippen molar-refractivity contribution in [2.75, 3.05) is 46.9 Å². The topological polar surface area (TPSA) is 59.8 Å². The summed E-state index contributed by atoms with van der Waals surface area (Å²) in [6.45, 7) is 5.18. The van der Waals surface area contributed by atoms with Gasteiger partial charge in [0, 0.05) is 45.1 Å². The number of hydrogen-bond acceptors (Lipinski definition) is 5. The Bertz CT molecular complexity index is 710. The van der Waals surface area contributed by atoms with Crippen LogP contribution < -0.4 is 9.47 Å². The smallest absolute Gasteiger partial charge is 0.227 e. The highest BCUT2D eigenvalue weighted by molar-refractivity contribution is 5.79. The third-order valence-corrected chi connectivity index (χ3v) is 4.73. The minimum atomic E-state index is 0.156. The molecule has 1 aromatic heterocycles. The number of benzene rings is 1. The van der Waals surface area contributed by atoms with Gasteiger partial charge < -0.3 is 14.4 Å². The van der Waals surface area contributed by atoms with E-state index in [2.05, 4.69) is 10.00 Å². The lowest BCUT2D eigenvalue weighted by Crippen LogP contribution is -2.49. The number of piperazine rings is 1. The summed E-state index contributed by atoms with van der Waals surface area (Å²) >= 11 is 0. The van der Waals surface area contributed by atoms with Gasteiger partial charge in [-0.05, 0) is 23.8 Å². The summed E-state index contributed by atoms with van der Waals surface area (Å²) in [6, 6.07) is 7.57. The Morgan fingerprint density at radius 3 is 2.50 bits per heavy atom. The number of hydrogen-bond donors (Lipinski definition) is 0. The number of rotatable bonds is 7. The largest absolute Gasteiger partial charge is 0.493 e. The van der Waals surface area contributed by atoms with E-state index in [0.717, 1.165) is 44.8 Å². The number of amides is 1. The maximum absolute atomic E-state index is 12.6. The van der Waals surface area contributed by atoms with Gasteiger partial charge >= 0.3 is 0 Å². The van der Waals surface area contributed by atoms with Gasteiger partial charge in [-0.2, -0.15) is 5.10 Å². The van der Waals surface area contributed by atoms with Gasteiger partial charge in [-0.3, -0.25) is 14.4 Å². The Kier molecular flexibility index (Phi) is 6.12. The summed E-state index contributed by atoms with van der Waals surface area (Å²) in [7, 11) is 3.21. The second-order valence-corrected chi connectivity index (χ2v) is 6.36. The molecule has 3 rings (SSSR count). The first kappa shape index (κ1) is 18.3. The first-order valence-electron chi connectivity index (χ1n) is 8.88. The molecule has 1 aliphatic rings. The molecule has 26 heavy (non-hydrogen) atoms. The molecule has 0 saturated carbocycles. The van der Waals surface area contributed by atoms with E-state index < -0.39 is 0 Å². The van der Waals surface area contributed by atoms with Gasteiger partial charge in [0.15, 0.2) is 11.5 Å². The molecule has 1 amide bonds. The van der Waals surface area contributed by atoms with Gasteiger partial charge in [0.05, 0.1) is 27.2 Å². The molecule has 2 heterocycles. The summed E-state index contributed by atoms with van der Waals surface area (Å²) in [4.78, 5) is 16.9. The molecule has 1 fully saturated rings. The lowest BCUT2D eigenvalue weighted by Gasteiger charge is -2.34. The Balaban J connectivity index is 1.47. The molecule has 7 nitrogen and oxygen atoms in total. The van der Waals surface area contributed by atoms with Gasteiger partial charge in [0.25, 0.3) is 0 Å². The van der Waals surface area contributed by atoms with Crippen LogP contribution in [-0.4, -0.2) is 72.4 Å². The molecule has 0 bridgehead atoms. The summed E-state index contributed by atoms with van der Waals surface area (Å²) in [6.07, 6.45) is 4.15. The fourth-order valence-electron chi connectivity index (χ4n) is 3.17. The van der Waals surface area contributed by atoms with Crippen molar-refractivity contribution in [3.05, 3.63) is 42.2 Å². The Labute approximate surface area is 154 Å². The summed E-state index contributed by atoms with van der Waals surface area (Å²) in [5.41, 5.74) is 0.939. The minimum Gasteiger partial charge on any atom is -0.493 e. The molecule has 7 heteroatoms. The van der Waals surface area contributed by atoms with E-state index in [4.69, 9.17) is 9.47 Å². The fourth-order valence-corrected chi connectivity index (χ4v) is 3.17. The van der Waals surface area contributed by atoms with Crippen molar-refractivity contribution in [3.63, 3.8) is 0 Å². The lowest BCUT2D eigenvalue weighted by molar-refractivity contribution is -0.132. The van der Waals surface area contributed by atoms with Crippen molar-refractivity contribution in [2.24, 2.45) is 0 Å². The molecular weight excluding hydrogens is 332 g/mol. The van der Waals surface area contributed by atoms with E-state index in [-0.39, 0.29) is 5.91 Å². The van der Waals surface area contributed by atoms with Crippen LogP contribution in [0, 0.1) is 0 Å². The molecule has 0 N–H and O–H groups in total. The zero-order valence-corrected chi connectivity index (χ0v) is 15.4. The first-order chi connectivity index (χ1) is 12.7. The van der Waals surface area contributed by atoms with E-state index in [1.54, 1.807) is 20.4 Å². The van der Waals surface area contributed by atoms with Crippen molar-refractivity contribution in [3.8, 4) is 11.5 Å². The maximum Gasteiger partial charge on any atom is 0.227 e. The lowest BCUT2D eigenvalue weighted by atomic mass is 10.1. The van der Waals surface area contributed by atoms with E-state index >= 15 is 0 Å². The maximum atomic E-state index is 12.6. The van der Waals surface area contributed by atoms with Crippen molar-refractivity contribution in [1.29, 1.82) is 0 Å². The van der Waals surface area contributed by atoms with Crippen LogP contribution in [0.1, 0.15) is 5.56 Å². The molecule has 1 aromatic carbocycles. The quantitative estimate of drug-likeness (QED) is 0.746. The second kappa shape index (κ2) is 8.71. The number of ether oxygens (including phenoxy) is 2. The normalized spacial score (nSPS) is 15.1. The zero-order chi connectivity index (χ0) is 18.4. The highest BCUT2D eigenvalue weighted by Gasteiger charge is 2.21. The van der Waals surface area contributed by atoms with Crippen LogP contribution in [0.4, 0.5) is 0 Å². The summed E-state index contributed by atoms with van der Waals surface area (Å²) in [5, 5.41) is 4.22. The molecule has 1 saturated heterocycles. The van der Waals surface area contributed by atoms with Crippen LogP contribution in [0.2, 0.25) is 0 Å². The van der Waals surface area contributed by atoms with Gasteiger partial charge in [-0.25, -0.2) is 0 Å². The Morgan fingerprint density at radius 1 is 1.08 bits per heavy atom. The molecule has 140 valence electrons. The molecular formula is C19H26N4O3. The van der Waals surface area contributed by atoms with Gasteiger partial charge in [0.2, 0.25) is 5.91 Å². The van der Waals surface area contributed by atoms with Gasteiger partial charge in [0.1, 0.15) is 0 Å². The highest BCUT2D eigenvalue weighted by Crippen LogP contribution is 2.27. The Hall–Kier alpha value is -2.54. The zero-order valence-electron chi connectivity index (χ0n) is 15.4. The van der Waals surface area contributed by atoms with Crippen LogP contribution in [0.3, 0.4) is 0 Å². The molecule has 0 spiro atoms. The molecule has 2 aromatic rings. The predicted molar refractivity (Wildman–Crippen MR) is 98.5 cm³/mol. The van der Waals surface area contributed by atoms with Crippen LogP contribution in [-0.2, 0) is 17.8 Å². The van der Waals surface area contributed by atoms with Crippen molar-refractivity contribution in [2.45, 2.75) is 13.0 Å². The van der Waals surface area contributed by atoms with Gasteiger partial charge in [-0.15, -0.1) is 0 Å². The number of carbonyl (C=O) groups is 1. The fraction of sp³-hybridized carbons (Fsp3) is 0.474. The first-order valence-corrected chi connectivity index (χ1v) is 8.88. The molecule has 0 atom stereocenters. The number of aromatic nitrogens is 2. The molecule has 0 radical (unpaired) electrons. The molecule has 0 aliphatic carbocycles. The van der Waals surface area contributed by atoms with Crippen LogP contribution in [0.25, 0.3) is 0 Å². The predicted octanol–water partition coefficient (Wildman–Crippen LogP) is 1.29. The van der Waals surface area contributed by atoms with Crippen molar-refractivity contribution < 1.29 is 14.3 Å². The monoisotopic (exact) mass is 358 g/mol. The number of carbonyl (C=O) groups excluding carboxylic acids is 1. The van der Waals surface area contributed by atoms with E-state index in [0.29, 0.717) is 17.9 Å². The number of nitrogens with zero attached hydrogens (tertiary/aromatic N) is 4. The highest BCUT2D eigenvalue weighted by atomic mass is 16.5. The van der Waals surface area contributed by atoms with Gasteiger partial charge in [-0.1, -0.05) is 6.07 Å². The van der Waals surface area contributed by atoms with E-state index in [1.165, 1.54) is 0 Å². The SMILES string of the molecule is COc1ccc(CC(=O)N2CCN(CCn3cccn3)CC2)cc1OC. The molecule has 0 unspecified atom stereocenters. The summed E-state index contributed by atoms with van der Waals surface area (Å²) in [5.74, 6) is 1.49. The standard InChI is InChI=1S/C19H26N4O3/c1-25-17-5-4-16(14-18(17)26-2)15-19(24)22-11-8-21(9-12-22)10-13-23-7-3-6-20-23/h3-7,14H,8-13,15H2,1-2H3. The minimum absolute atomic E-state index is 0.156. The van der Waals surface area contributed by atoms with Crippen LogP contribution in [0.5, 0.6) is 11.5 Å². The average Bonchev–Trinajstić information content (AvgIpc) is 3.20.